The van der Waals surface area contributed by atoms with Gasteiger partial charge in [0.25, 0.3) is 5.91 Å². The summed E-state index contributed by atoms with van der Waals surface area (Å²) in [5.41, 5.74) is 1.38. The third-order valence-corrected chi connectivity index (χ3v) is 5.95. The predicted octanol–water partition coefficient (Wildman–Crippen LogP) is 4.80. The number of carbonyl (C=O) groups excluding carboxylic acids is 1. The first-order valence-corrected chi connectivity index (χ1v) is 12.0. The van der Waals surface area contributed by atoms with Crippen LogP contribution in [0.1, 0.15) is 60.9 Å². The molecule has 2 aromatic carbocycles. The van der Waals surface area contributed by atoms with Crippen LogP contribution in [0.15, 0.2) is 29.1 Å². The quantitative estimate of drug-likeness (QED) is 0.377. The minimum Gasteiger partial charge on any atom is -0.490 e. The fourth-order valence-electron chi connectivity index (χ4n) is 4.14. The minimum absolute atomic E-state index is 0.0459. The number of amides is 2. The van der Waals surface area contributed by atoms with Crippen LogP contribution in [0.3, 0.4) is 0 Å². The summed E-state index contributed by atoms with van der Waals surface area (Å²) in [5.74, 6) is -0.820. The van der Waals surface area contributed by atoms with Gasteiger partial charge in [-0.3, -0.25) is 14.7 Å². The number of benzene rings is 2. The highest BCUT2D eigenvalue weighted by Gasteiger charge is 2.23. The molecule has 3 aromatic rings. The third-order valence-electron chi connectivity index (χ3n) is 5.95. The van der Waals surface area contributed by atoms with E-state index in [1.165, 1.54) is 10.6 Å². The van der Waals surface area contributed by atoms with Crippen LogP contribution in [0.2, 0.25) is 0 Å². The van der Waals surface area contributed by atoms with E-state index in [9.17, 15) is 14.4 Å². The number of carbonyl (C=O) groups is 2. The molecule has 0 aliphatic carbocycles. The van der Waals surface area contributed by atoms with Crippen LogP contribution >= 0.6 is 0 Å². The van der Waals surface area contributed by atoms with Gasteiger partial charge in [0.15, 0.2) is 0 Å². The largest absolute Gasteiger partial charge is 0.490 e. The Kier molecular flexibility index (Phi) is 8.36. The summed E-state index contributed by atoms with van der Waals surface area (Å²) in [7, 11) is 1.56. The molecule has 0 spiro atoms. The summed E-state index contributed by atoms with van der Waals surface area (Å²) >= 11 is 0. The van der Waals surface area contributed by atoms with Crippen molar-refractivity contribution in [3.8, 4) is 11.4 Å². The van der Waals surface area contributed by atoms with Crippen molar-refractivity contribution in [1.82, 2.24) is 14.3 Å². The van der Waals surface area contributed by atoms with Crippen molar-refractivity contribution in [2.24, 2.45) is 7.05 Å². The number of ether oxygens (including phenoxy) is 1. The third kappa shape index (κ3) is 5.99. The fraction of sp³-hybridized carbons (Fsp3) is 0.385. The lowest BCUT2D eigenvalue weighted by Gasteiger charge is -2.19. The molecule has 10 nitrogen and oxygen atoms in total. The highest BCUT2D eigenvalue weighted by atomic mass is 19.1. The lowest BCUT2D eigenvalue weighted by molar-refractivity contribution is 0.101. The topological polar surface area (TPSA) is 127 Å². The summed E-state index contributed by atoms with van der Waals surface area (Å²) in [6.45, 7) is 9.12. The molecule has 3 rings (SSSR count). The zero-order valence-corrected chi connectivity index (χ0v) is 21.8. The lowest BCUT2D eigenvalue weighted by atomic mass is 10.1. The van der Waals surface area contributed by atoms with Crippen molar-refractivity contribution in [2.75, 3.05) is 10.6 Å². The van der Waals surface area contributed by atoms with E-state index in [-0.39, 0.29) is 23.1 Å². The zero-order chi connectivity index (χ0) is 27.4. The van der Waals surface area contributed by atoms with Crippen LogP contribution in [0, 0.1) is 19.7 Å². The average Bonchev–Trinajstić information content (AvgIpc) is 3.10. The SMILES string of the molecule is CCCC(C)Oc1cc(-n2nc(CC)n(C)c2=O)c(F)cc1C(=O)Nc1c(C)cc(NC(=O)O)cc1C. The first kappa shape index (κ1) is 27.4. The average molecular weight is 514 g/mol. The Bertz CT molecular complexity index is 1370. The van der Waals surface area contributed by atoms with Crippen molar-refractivity contribution in [1.29, 1.82) is 0 Å². The van der Waals surface area contributed by atoms with Crippen LogP contribution in [-0.2, 0) is 13.5 Å². The monoisotopic (exact) mass is 513 g/mol. The van der Waals surface area contributed by atoms with Crippen LogP contribution in [0.25, 0.3) is 5.69 Å². The Morgan fingerprint density at radius 1 is 1.14 bits per heavy atom. The maximum atomic E-state index is 15.3. The van der Waals surface area contributed by atoms with E-state index < -0.39 is 23.5 Å². The highest BCUT2D eigenvalue weighted by molar-refractivity contribution is 6.07. The summed E-state index contributed by atoms with van der Waals surface area (Å²) in [6.07, 6.45) is 0.550. The predicted molar refractivity (Wildman–Crippen MR) is 139 cm³/mol. The van der Waals surface area contributed by atoms with Gasteiger partial charge < -0.3 is 15.2 Å². The molecular formula is C26H32FN5O5. The van der Waals surface area contributed by atoms with E-state index in [4.69, 9.17) is 9.84 Å². The maximum Gasteiger partial charge on any atom is 0.409 e. The highest BCUT2D eigenvalue weighted by Crippen LogP contribution is 2.30. The van der Waals surface area contributed by atoms with Gasteiger partial charge in [0, 0.05) is 30.9 Å². The number of carboxylic acid groups (broad SMARTS) is 1. The molecule has 2 amide bonds. The van der Waals surface area contributed by atoms with E-state index in [1.54, 1.807) is 33.0 Å². The van der Waals surface area contributed by atoms with Crippen LogP contribution in [-0.4, -0.2) is 37.6 Å². The Hall–Kier alpha value is -4.15. The molecule has 1 aromatic heterocycles. The van der Waals surface area contributed by atoms with E-state index >= 15 is 4.39 Å². The molecule has 198 valence electrons. The Labute approximate surface area is 214 Å². The van der Waals surface area contributed by atoms with Crippen molar-refractivity contribution in [2.45, 2.75) is 60.0 Å². The van der Waals surface area contributed by atoms with Gasteiger partial charge in [-0.2, -0.15) is 4.68 Å². The first-order valence-electron chi connectivity index (χ1n) is 12.0. The fourth-order valence-corrected chi connectivity index (χ4v) is 4.14. The summed E-state index contributed by atoms with van der Waals surface area (Å²) in [4.78, 5) is 37.0. The molecule has 1 heterocycles. The molecule has 0 saturated carbocycles. The van der Waals surface area contributed by atoms with Gasteiger partial charge in [-0.25, -0.2) is 14.0 Å². The van der Waals surface area contributed by atoms with Crippen LogP contribution < -0.4 is 21.1 Å². The van der Waals surface area contributed by atoms with E-state index in [0.717, 1.165) is 17.2 Å². The second-order valence-corrected chi connectivity index (χ2v) is 8.91. The summed E-state index contributed by atoms with van der Waals surface area (Å²) in [6, 6.07) is 5.53. The van der Waals surface area contributed by atoms with Crippen molar-refractivity contribution >= 4 is 23.4 Å². The van der Waals surface area contributed by atoms with Crippen LogP contribution in [0.4, 0.5) is 20.6 Å². The molecule has 0 fully saturated rings. The Morgan fingerprint density at radius 3 is 2.32 bits per heavy atom. The van der Waals surface area contributed by atoms with Crippen LogP contribution in [0.5, 0.6) is 5.75 Å². The standard InChI is InChI=1S/C26H32FN5O5/c1-7-9-16(5)37-21-13-20(32-26(36)31(6)22(8-2)30-32)19(27)12-18(21)24(33)29-23-14(3)10-17(11-15(23)4)28-25(34)35/h10-13,16,28H,7-9H2,1-6H3,(H,29,33)(H,34,35). The number of aryl methyl sites for hydroxylation is 3. The number of nitrogens with one attached hydrogen (secondary N) is 2. The van der Waals surface area contributed by atoms with E-state index in [1.807, 2.05) is 20.8 Å². The number of aromatic nitrogens is 3. The number of halogens is 1. The lowest BCUT2D eigenvalue weighted by Crippen LogP contribution is -2.24. The van der Waals surface area contributed by atoms with Gasteiger partial charge in [0.05, 0.1) is 11.7 Å². The molecule has 1 unspecified atom stereocenters. The van der Waals surface area contributed by atoms with Gasteiger partial charge in [0.1, 0.15) is 23.1 Å². The number of hydrogen-bond acceptors (Lipinski definition) is 5. The zero-order valence-electron chi connectivity index (χ0n) is 21.8. The Balaban J connectivity index is 2.06. The van der Waals surface area contributed by atoms with Gasteiger partial charge in [-0.05, 0) is 56.5 Å². The number of rotatable bonds is 9. The van der Waals surface area contributed by atoms with Gasteiger partial charge in [-0.1, -0.05) is 20.3 Å². The van der Waals surface area contributed by atoms with E-state index in [2.05, 4.69) is 15.7 Å². The molecule has 0 radical (unpaired) electrons. The molecule has 0 saturated heterocycles. The van der Waals surface area contributed by atoms with Gasteiger partial charge in [0.2, 0.25) is 0 Å². The van der Waals surface area contributed by atoms with Crippen molar-refractivity contribution < 1.29 is 23.8 Å². The second-order valence-electron chi connectivity index (χ2n) is 8.91. The molecule has 0 aliphatic rings. The summed E-state index contributed by atoms with van der Waals surface area (Å²) in [5, 5.41) is 18.3. The first-order chi connectivity index (χ1) is 17.5. The molecular weight excluding hydrogens is 481 g/mol. The smallest absolute Gasteiger partial charge is 0.409 e. The molecule has 0 bridgehead atoms. The maximum absolute atomic E-state index is 15.3. The normalized spacial score (nSPS) is 11.8. The Morgan fingerprint density at radius 2 is 1.78 bits per heavy atom. The number of anilines is 2. The van der Waals surface area contributed by atoms with Crippen molar-refractivity contribution in [3.63, 3.8) is 0 Å². The molecule has 0 aliphatic heterocycles. The van der Waals surface area contributed by atoms with Crippen molar-refractivity contribution in [3.05, 3.63) is 63.1 Å². The van der Waals surface area contributed by atoms with Gasteiger partial charge >= 0.3 is 11.8 Å². The second kappa shape index (κ2) is 11.3. The van der Waals surface area contributed by atoms with Gasteiger partial charge in [-0.15, -0.1) is 5.10 Å². The molecule has 11 heteroatoms. The molecule has 3 N–H and O–H groups in total. The number of nitrogens with zero attached hydrogens (tertiary/aromatic N) is 3. The minimum atomic E-state index is -1.20. The molecule has 37 heavy (non-hydrogen) atoms. The molecule has 1 atom stereocenters. The number of hydrogen-bond donors (Lipinski definition) is 3. The van der Waals surface area contributed by atoms with E-state index in [0.29, 0.717) is 41.2 Å². The summed E-state index contributed by atoms with van der Waals surface area (Å²) < 4.78 is 23.7.